The number of aldehydes is 1. The zero-order valence-corrected chi connectivity index (χ0v) is 17.8. The molecular weight excluding hydrogens is 352 g/mol. The third-order valence-corrected chi connectivity index (χ3v) is 8.98. The Bertz CT molecular complexity index is 682. The molecule has 0 heterocycles. The first-order valence-corrected chi connectivity index (χ1v) is 11.0. The van der Waals surface area contributed by atoms with Crippen LogP contribution in [0.3, 0.4) is 0 Å². The smallest absolute Gasteiger partial charge is 0.146 e. The van der Waals surface area contributed by atoms with Gasteiger partial charge in [0, 0.05) is 24.9 Å². The standard InChI is InChI=1S/C24H36O4/c1-15(13-25)19-7-8-20-18-6-5-16-11-17(28-14-27-4)12-22(26)24(16,3)21(18)9-10-23(19,20)2/h5-6,13,15,17,19-22,26H,7-12,14H2,1-4H3/t15?,17?,19-,20+,21+,22?,23-,24+/m1/s1. The van der Waals surface area contributed by atoms with Crippen LogP contribution in [0.25, 0.3) is 0 Å². The molecule has 0 amide bonds. The molecule has 0 bridgehead atoms. The molecule has 4 aliphatic rings. The molecule has 0 aromatic heterocycles. The zero-order valence-electron chi connectivity index (χ0n) is 17.8. The molecule has 0 radical (unpaired) electrons. The largest absolute Gasteiger partial charge is 0.392 e. The van der Waals surface area contributed by atoms with Crippen molar-refractivity contribution in [1.82, 2.24) is 0 Å². The molecule has 0 aromatic carbocycles. The number of aliphatic hydroxyl groups is 1. The van der Waals surface area contributed by atoms with E-state index in [0.29, 0.717) is 24.2 Å². The van der Waals surface area contributed by atoms with Gasteiger partial charge in [-0.1, -0.05) is 44.1 Å². The van der Waals surface area contributed by atoms with Crippen molar-refractivity contribution in [3.63, 3.8) is 0 Å². The highest BCUT2D eigenvalue weighted by Crippen LogP contribution is 2.65. The van der Waals surface area contributed by atoms with Crippen LogP contribution >= 0.6 is 0 Å². The first kappa shape index (κ1) is 20.3. The molecule has 28 heavy (non-hydrogen) atoms. The van der Waals surface area contributed by atoms with E-state index >= 15 is 0 Å². The molecule has 156 valence electrons. The quantitative estimate of drug-likeness (QED) is 0.564. The fourth-order valence-electron chi connectivity index (χ4n) is 7.32. The van der Waals surface area contributed by atoms with E-state index in [4.69, 9.17) is 9.47 Å². The average molecular weight is 389 g/mol. The number of fused-ring (bicyclic) bond motifs is 5. The van der Waals surface area contributed by atoms with Crippen LogP contribution in [0, 0.1) is 34.5 Å². The maximum absolute atomic E-state index is 11.5. The van der Waals surface area contributed by atoms with E-state index in [1.54, 1.807) is 7.11 Å². The number of hydrogen-bond donors (Lipinski definition) is 1. The van der Waals surface area contributed by atoms with Crippen molar-refractivity contribution < 1.29 is 19.4 Å². The molecule has 8 atom stereocenters. The topological polar surface area (TPSA) is 55.8 Å². The van der Waals surface area contributed by atoms with Crippen molar-refractivity contribution in [2.24, 2.45) is 34.5 Å². The summed E-state index contributed by atoms with van der Waals surface area (Å²) in [4.78, 5) is 11.5. The Morgan fingerprint density at radius 2 is 2.04 bits per heavy atom. The summed E-state index contributed by atoms with van der Waals surface area (Å²) in [6.07, 6.45) is 11.6. The van der Waals surface area contributed by atoms with Crippen molar-refractivity contribution in [3.8, 4) is 0 Å². The second kappa shape index (κ2) is 7.37. The molecule has 4 heteroatoms. The van der Waals surface area contributed by atoms with Crippen LogP contribution in [-0.2, 0) is 14.3 Å². The molecule has 4 nitrogen and oxygen atoms in total. The summed E-state index contributed by atoms with van der Waals surface area (Å²) >= 11 is 0. The van der Waals surface area contributed by atoms with E-state index in [0.717, 1.165) is 32.0 Å². The second-order valence-corrected chi connectivity index (χ2v) is 10.1. The zero-order chi connectivity index (χ0) is 20.1. The minimum atomic E-state index is -0.390. The van der Waals surface area contributed by atoms with Gasteiger partial charge in [0.1, 0.15) is 13.1 Å². The molecule has 3 unspecified atom stereocenters. The summed E-state index contributed by atoms with van der Waals surface area (Å²) in [6.45, 7) is 7.07. The van der Waals surface area contributed by atoms with Gasteiger partial charge in [0.15, 0.2) is 0 Å². The van der Waals surface area contributed by atoms with E-state index in [2.05, 4.69) is 32.9 Å². The summed E-state index contributed by atoms with van der Waals surface area (Å²) in [7, 11) is 1.64. The van der Waals surface area contributed by atoms with Gasteiger partial charge in [-0.2, -0.15) is 0 Å². The number of methoxy groups -OCH3 is 1. The number of aliphatic hydroxyl groups excluding tert-OH is 1. The highest BCUT2D eigenvalue weighted by atomic mass is 16.7. The van der Waals surface area contributed by atoms with Crippen molar-refractivity contribution >= 4 is 6.29 Å². The maximum Gasteiger partial charge on any atom is 0.146 e. The molecule has 0 aliphatic heterocycles. The van der Waals surface area contributed by atoms with E-state index in [1.807, 2.05) is 0 Å². The Morgan fingerprint density at radius 3 is 2.75 bits per heavy atom. The lowest BCUT2D eigenvalue weighted by molar-refractivity contribution is -0.118. The summed E-state index contributed by atoms with van der Waals surface area (Å²) in [5.41, 5.74) is 2.90. The number of rotatable bonds is 5. The summed E-state index contributed by atoms with van der Waals surface area (Å²) in [5, 5.41) is 11.2. The maximum atomic E-state index is 11.5. The molecule has 4 rings (SSSR count). The number of allylic oxidation sites excluding steroid dienone is 3. The second-order valence-electron chi connectivity index (χ2n) is 10.1. The van der Waals surface area contributed by atoms with E-state index in [-0.39, 0.29) is 29.6 Å². The summed E-state index contributed by atoms with van der Waals surface area (Å²) in [6, 6.07) is 0. The predicted molar refractivity (Wildman–Crippen MR) is 109 cm³/mol. The predicted octanol–water partition coefficient (Wildman–Crippen LogP) is 4.28. The molecule has 0 spiro atoms. The van der Waals surface area contributed by atoms with Crippen molar-refractivity contribution in [2.45, 2.75) is 71.5 Å². The Hall–Kier alpha value is -0.970. The van der Waals surface area contributed by atoms with Crippen molar-refractivity contribution in [3.05, 3.63) is 23.3 Å². The van der Waals surface area contributed by atoms with Gasteiger partial charge in [-0.25, -0.2) is 0 Å². The minimum Gasteiger partial charge on any atom is -0.392 e. The Labute approximate surface area is 169 Å². The van der Waals surface area contributed by atoms with Crippen molar-refractivity contribution in [1.29, 1.82) is 0 Å². The van der Waals surface area contributed by atoms with Gasteiger partial charge in [-0.05, 0) is 55.3 Å². The van der Waals surface area contributed by atoms with E-state index in [1.165, 1.54) is 17.6 Å². The Balaban J connectivity index is 1.64. The van der Waals surface area contributed by atoms with Gasteiger partial charge < -0.3 is 19.4 Å². The Kier molecular flexibility index (Phi) is 5.35. The van der Waals surface area contributed by atoms with Crippen LogP contribution in [0.2, 0.25) is 0 Å². The van der Waals surface area contributed by atoms with Crippen LogP contribution in [0.5, 0.6) is 0 Å². The fraction of sp³-hybridized carbons (Fsp3) is 0.792. The van der Waals surface area contributed by atoms with Gasteiger partial charge in [0.2, 0.25) is 0 Å². The molecule has 3 saturated carbocycles. The van der Waals surface area contributed by atoms with Gasteiger partial charge in [0.05, 0.1) is 12.2 Å². The molecule has 0 aromatic rings. The normalized spacial score (nSPS) is 46.0. The van der Waals surface area contributed by atoms with E-state index < -0.39 is 6.10 Å². The molecule has 4 aliphatic carbocycles. The van der Waals surface area contributed by atoms with Crippen LogP contribution in [0.4, 0.5) is 0 Å². The first-order valence-electron chi connectivity index (χ1n) is 11.0. The van der Waals surface area contributed by atoms with Crippen LogP contribution in [0.1, 0.15) is 59.3 Å². The number of carbonyl (C=O) groups is 1. The summed E-state index contributed by atoms with van der Waals surface area (Å²) < 4.78 is 10.9. The van der Waals surface area contributed by atoms with Gasteiger partial charge in [0.25, 0.3) is 0 Å². The van der Waals surface area contributed by atoms with Gasteiger partial charge >= 0.3 is 0 Å². The molecule has 0 saturated heterocycles. The lowest BCUT2D eigenvalue weighted by atomic mass is 9.49. The van der Waals surface area contributed by atoms with Crippen LogP contribution in [-0.4, -0.2) is 37.5 Å². The van der Waals surface area contributed by atoms with Crippen molar-refractivity contribution in [2.75, 3.05) is 13.9 Å². The number of hydrogen-bond acceptors (Lipinski definition) is 4. The van der Waals surface area contributed by atoms with Gasteiger partial charge in [-0.3, -0.25) is 0 Å². The fourth-order valence-corrected chi connectivity index (χ4v) is 7.32. The Morgan fingerprint density at radius 1 is 1.25 bits per heavy atom. The molecule has 1 N–H and O–H groups in total. The number of ether oxygens (including phenoxy) is 2. The lowest BCUT2D eigenvalue weighted by Crippen LogP contribution is -2.52. The van der Waals surface area contributed by atoms with E-state index in [9.17, 15) is 9.90 Å². The van der Waals surface area contributed by atoms with Crippen LogP contribution < -0.4 is 0 Å². The first-order chi connectivity index (χ1) is 13.4. The highest BCUT2D eigenvalue weighted by molar-refractivity contribution is 5.54. The number of carbonyl (C=O) groups excluding carboxylic acids is 1. The molecular formula is C24H36O4. The van der Waals surface area contributed by atoms with Crippen LogP contribution in [0.15, 0.2) is 23.3 Å². The SMILES string of the molecule is COCOC1CC2=CC=C3[C@@H]4CC[C@H](C(C)C=O)[C@@]4(C)CC[C@@H]3[C@@]2(C)C(O)C1. The lowest BCUT2D eigenvalue weighted by Gasteiger charge is -2.56. The summed E-state index contributed by atoms with van der Waals surface area (Å²) in [5.74, 6) is 1.58. The third kappa shape index (κ3) is 2.86. The third-order valence-electron chi connectivity index (χ3n) is 8.98. The highest BCUT2D eigenvalue weighted by Gasteiger charge is 2.59. The monoisotopic (exact) mass is 388 g/mol. The molecule has 3 fully saturated rings. The van der Waals surface area contributed by atoms with Gasteiger partial charge in [-0.15, -0.1) is 0 Å². The average Bonchev–Trinajstić information content (AvgIpc) is 3.04. The minimum absolute atomic E-state index is 0.0300.